The van der Waals surface area contributed by atoms with Gasteiger partial charge in [-0.1, -0.05) is 13.8 Å². The van der Waals surface area contributed by atoms with E-state index in [2.05, 4.69) is 4.72 Å². The molecule has 106 valence electrons. The molecule has 2 atom stereocenters. The van der Waals surface area contributed by atoms with Crippen LogP contribution in [0.5, 0.6) is 0 Å². The highest BCUT2D eigenvalue weighted by Crippen LogP contribution is 2.17. The van der Waals surface area contributed by atoms with Crippen molar-refractivity contribution in [3.05, 3.63) is 0 Å². The number of carbonyl (C=O) groups is 1. The van der Waals surface area contributed by atoms with Gasteiger partial charge in [0.1, 0.15) is 0 Å². The molecule has 0 saturated carbocycles. The van der Waals surface area contributed by atoms with E-state index < -0.39 is 22.1 Å². The van der Waals surface area contributed by atoms with E-state index in [0.29, 0.717) is 25.4 Å². The number of nitrogens with zero attached hydrogens (tertiary/aromatic N) is 1. The van der Waals surface area contributed by atoms with Crippen molar-refractivity contribution in [3.8, 4) is 0 Å². The summed E-state index contributed by atoms with van der Waals surface area (Å²) in [5.74, 6) is -1.27. The Balaban J connectivity index is 2.56. The average molecular weight is 278 g/mol. The summed E-state index contributed by atoms with van der Waals surface area (Å²) in [5, 5.41) is 8.87. The van der Waals surface area contributed by atoms with Crippen molar-refractivity contribution in [2.45, 2.75) is 33.1 Å². The molecule has 2 unspecified atom stereocenters. The zero-order valence-electron chi connectivity index (χ0n) is 10.9. The Bertz CT molecular complexity index is 383. The Morgan fingerprint density at radius 2 is 2.22 bits per heavy atom. The van der Waals surface area contributed by atoms with Crippen molar-refractivity contribution in [1.29, 1.82) is 0 Å². The van der Waals surface area contributed by atoms with E-state index >= 15 is 0 Å². The van der Waals surface area contributed by atoms with E-state index in [1.54, 1.807) is 6.92 Å². The van der Waals surface area contributed by atoms with Crippen LogP contribution in [0.1, 0.15) is 33.1 Å². The van der Waals surface area contributed by atoms with Crippen LogP contribution in [0, 0.1) is 11.8 Å². The highest BCUT2D eigenvalue weighted by atomic mass is 32.2. The monoisotopic (exact) mass is 278 g/mol. The van der Waals surface area contributed by atoms with Crippen LogP contribution < -0.4 is 4.72 Å². The van der Waals surface area contributed by atoms with E-state index in [-0.39, 0.29) is 6.54 Å². The maximum absolute atomic E-state index is 12.0. The molecule has 0 bridgehead atoms. The standard InChI is InChI=1S/C11H22N2O4S/c1-3-10(11(14)15)7-12-18(16,17)13-6-4-5-9(2)8-13/h9-10,12H,3-8H2,1-2H3,(H,14,15). The summed E-state index contributed by atoms with van der Waals surface area (Å²) in [6.45, 7) is 4.74. The number of rotatable bonds is 6. The van der Waals surface area contributed by atoms with Gasteiger partial charge in [0.25, 0.3) is 10.2 Å². The van der Waals surface area contributed by atoms with Gasteiger partial charge < -0.3 is 5.11 Å². The summed E-state index contributed by atoms with van der Waals surface area (Å²) in [5.41, 5.74) is 0. The highest BCUT2D eigenvalue weighted by molar-refractivity contribution is 7.87. The Labute approximate surface area is 109 Å². The summed E-state index contributed by atoms with van der Waals surface area (Å²) in [6.07, 6.45) is 2.31. The predicted molar refractivity (Wildman–Crippen MR) is 68.3 cm³/mol. The van der Waals surface area contributed by atoms with Crippen LogP contribution >= 0.6 is 0 Å². The zero-order valence-corrected chi connectivity index (χ0v) is 11.7. The third-order valence-corrected chi connectivity index (χ3v) is 4.86. The molecular weight excluding hydrogens is 256 g/mol. The molecule has 18 heavy (non-hydrogen) atoms. The zero-order chi connectivity index (χ0) is 13.8. The van der Waals surface area contributed by atoms with Gasteiger partial charge in [0.15, 0.2) is 0 Å². The van der Waals surface area contributed by atoms with E-state index in [1.807, 2.05) is 6.92 Å². The van der Waals surface area contributed by atoms with E-state index in [0.717, 1.165) is 12.8 Å². The minimum atomic E-state index is -3.53. The van der Waals surface area contributed by atoms with Crippen LogP contribution in [0.4, 0.5) is 0 Å². The molecule has 7 heteroatoms. The molecule has 0 spiro atoms. The minimum Gasteiger partial charge on any atom is -0.481 e. The van der Waals surface area contributed by atoms with Crippen LogP contribution in [0.15, 0.2) is 0 Å². The Morgan fingerprint density at radius 3 is 2.72 bits per heavy atom. The van der Waals surface area contributed by atoms with Crippen molar-refractivity contribution < 1.29 is 18.3 Å². The van der Waals surface area contributed by atoms with E-state index in [1.165, 1.54) is 4.31 Å². The molecule has 1 fully saturated rings. The molecule has 0 aromatic carbocycles. The average Bonchev–Trinajstić information content (AvgIpc) is 2.29. The Hall–Kier alpha value is -0.660. The molecule has 1 saturated heterocycles. The molecule has 6 nitrogen and oxygen atoms in total. The number of carboxylic acids is 1. The van der Waals surface area contributed by atoms with Crippen molar-refractivity contribution in [3.63, 3.8) is 0 Å². The van der Waals surface area contributed by atoms with Crippen LogP contribution in [0.25, 0.3) is 0 Å². The number of hydrogen-bond acceptors (Lipinski definition) is 3. The van der Waals surface area contributed by atoms with E-state index in [9.17, 15) is 13.2 Å². The lowest BCUT2D eigenvalue weighted by Crippen LogP contribution is -2.47. The van der Waals surface area contributed by atoms with Gasteiger partial charge in [-0.3, -0.25) is 4.79 Å². The van der Waals surface area contributed by atoms with Crippen LogP contribution in [0.2, 0.25) is 0 Å². The van der Waals surface area contributed by atoms with Crippen molar-refractivity contribution in [2.24, 2.45) is 11.8 Å². The van der Waals surface area contributed by atoms with Crippen LogP contribution in [-0.2, 0) is 15.0 Å². The number of aliphatic carboxylic acids is 1. The lowest BCUT2D eigenvalue weighted by molar-refractivity contribution is -0.141. The summed E-state index contributed by atoms with van der Waals surface area (Å²) >= 11 is 0. The van der Waals surface area contributed by atoms with E-state index in [4.69, 9.17) is 5.11 Å². The highest BCUT2D eigenvalue weighted by Gasteiger charge is 2.28. The molecule has 0 radical (unpaired) electrons. The molecule has 1 aliphatic rings. The number of piperidine rings is 1. The van der Waals surface area contributed by atoms with Crippen molar-refractivity contribution >= 4 is 16.2 Å². The summed E-state index contributed by atoms with van der Waals surface area (Å²) in [7, 11) is -3.53. The maximum Gasteiger partial charge on any atom is 0.307 e. The van der Waals surface area contributed by atoms with Crippen LogP contribution in [0.3, 0.4) is 0 Å². The van der Waals surface area contributed by atoms with Gasteiger partial charge in [-0.25, -0.2) is 4.72 Å². The molecule has 0 amide bonds. The quantitative estimate of drug-likeness (QED) is 0.747. The van der Waals surface area contributed by atoms with Gasteiger partial charge >= 0.3 is 5.97 Å². The number of hydrogen-bond donors (Lipinski definition) is 2. The summed E-state index contributed by atoms with van der Waals surface area (Å²) in [6, 6.07) is 0. The van der Waals surface area contributed by atoms with Crippen molar-refractivity contribution in [2.75, 3.05) is 19.6 Å². The summed E-state index contributed by atoms with van der Waals surface area (Å²) in [4.78, 5) is 10.8. The van der Waals surface area contributed by atoms with Gasteiger partial charge in [0, 0.05) is 19.6 Å². The largest absolute Gasteiger partial charge is 0.481 e. The molecule has 1 rings (SSSR count). The summed E-state index contributed by atoms with van der Waals surface area (Å²) < 4.78 is 27.8. The lowest BCUT2D eigenvalue weighted by Gasteiger charge is -2.30. The second-order valence-corrected chi connectivity index (χ2v) is 6.66. The topological polar surface area (TPSA) is 86.7 Å². The smallest absolute Gasteiger partial charge is 0.307 e. The van der Waals surface area contributed by atoms with Gasteiger partial charge in [-0.05, 0) is 25.2 Å². The second kappa shape index (κ2) is 6.49. The molecule has 0 aliphatic carbocycles. The fraction of sp³-hybridized carbons (Fsp3) is 0.909. The first-order valence-corrected chi connectivity index (χ1v) is 7.78. The molecule has 1 heterocycles. The third kappa shape index (κ3) is 4.22. The molecular formula is C11H22N2O4S. The minimum absolute atomic E-state index is 0.0426. The lowest BCUT2D eigenvalue weighted by atomic mass is 10.0. The first kappa shape index (κ1) is 15.4. The van der Waals surface area contributed by atoms with Crippen molar-refractivity contribution in [1.82, 2.24) is 9.03 Å². The molecule has 0 aromatic rings. The Morgan fingerprint density at radius 1 is 1.56 bits per heavy atom. The van der Waals surface area contributed by atoms with Gasteiger partial charge in [0.05, 0.1) is 5.92 Å². The van der Waals surface area contributed by atoms with Gasteiger partial charge in [-0.2, -0.15) is 12.7 Å². The fourth-order valence-electron chi connectivity index (χ4n) is 2.07. The molecule has 2 N–H and O–H groups in total. The molecule has 0 aromatic heterocycles. The predicted octanol–water partition coefficient (Wildman–Crippen LogP) is 0.664. The number of nitrogens with one attached hydrogen (secondary N) is 1. The normalized spacial score (nSPS) is 23.8. The van der Waals surface area contributed by atoms with Crippen LogP contribution in [-0.4, -0.2) is 43.4 Å². The Kier molecular flexibility index (Phi) is 5.55. The SMILES string of the molecule is CCC(CNS(=O)(=O)N1CCCC(C)C1)C(=O)O. The number of carboxylic acid groups (broad SMARTS) is 1. The first-order chi connectivity index (χ1) is 8.36. The molecule has 1 aliphatic heterocycles. The third-order valence-electron chi connectivity index (χ3n) is 3.31. The van der Waals surface area contributed by atoms with Gasteiger partial charge in [0.2, 0.25) is 0 Å². The maximum atomic E-state index is 12.0. The first-order valence-electron chi connectivity index (χ1n) is 6.34. The van der Waals surface area contributed by atoms with Gasteiger partial charge in [-0.15, -0.1) is 0 Å². The fourth-order valence-corrected chi connectivity index (χ4v) is 3.48. The second-order valence-electron chi connectivity index (χ2n) is 4.90.